The van der Waals surface area contributed by atoms with Gasteiger partial charge in [-0.1, -0.05) is 36.2 Å². The summed E-state index contributed by atoms with van der Waals surface area (Å²) in [5.74, 6) is 0.0735. The standard InChI is InChI=1S/C10H14BrNO/c1-3-5-8-7(4-2)9(6-11)12-10(8)13/h6H,3-5H2,1-2H3,(H,12,13)/b9-6+. The van der Waals surface area contributed by atoms with Crippen molar-refractivity contribution in [3.63, 3.8) is 0 Å². The van der Waals surface area contributed by atoms with E-state index in [9.17, 15) is 4.79 Å². The fraction of sp³-hybridized carbons (Fsp3) is 0.500. The van der Waals surface area contributed by atoms with Gasteiger partial charge in [-0.15, -0.1) is 0 Å². The van der Waals surface area contributed by atoms with Gasteiger partial charge in [-0.3, -0.25) is 4.79 Å². The van der Waals surface area contributed by atoms with Crippen LogP contribution in [0.25, 0.3) is 0 Å². The van der Waals surface area contributed by atoms with Gasteiger partial charge in [0.15, 0.2) is 0 Å². The van der Waals surface area contributed by atoms with Crippen LogP contribution >= 0.6 is 15.9 Å². The molecule has 0 unspecified atom stereocenters. The van der Waals surface area contributed by atoms with E-state index in [2.05, 4.69) is 35.1 Å². The third-order valence-corrected chi connectivity index (χ3v) is 2.63. The topological polar surface area (TPSA) is 29.1 Å². The van der Waals surface area contributed by atoms with Crippen LogP contribution < -0.4 is 5.32 Å². The third kappa shape index (κ3) is 2.02. The lowest BCUT2D eigenvalue weighted by Gasteiger charge is -2.00. The Bertz CT molecular complexity index is 279. The van der Waals surface area contributed by atoms with Crippen LogP contribution in [0.2, 0.25) is 0 Å². The van der Waals surface area contributed by atoms with Gasteiger partial charge in [-0.05, 0) is 18.4 Å². The Morgan fingerprint density at radius 2 is 2.08 bits per heavy atom. The van der Waals surface area contributed by atoms with Crippen molar-refractivity contribution in [1.29, 1.82) is 0 Å². The predicted octanol–water partition coefficient (Wildman–Crippen LogP) is 2.86. The van der Waals surface area contributed by atoms with Crippen molar-refractivity contribution in [2.24, 2.45) is 0 Å². The largest absolute Gasteiger partial charge is 0.322 e. The van der Waals surface area contributed by atoms with E-state index in [1.807, 2.05) is 0 Å². The summed E-state index contributed by atoms with van der Waals surface area (Å²) in [6.45, 7) is 4.16. The zero-order chi connectivity index (χ0) is 9.84. The number of nitrogens with one attached hydrogen (secondary N) is 1. The smallest absolute Gasteiger partial charge is 0.251 e. The normalized spacial score (nSPS) is 19.9. The first-order valence-electron chi connectivity index (χ1n) is 4.58. The molecule has 0 aliphatic carbocycles. The second kappa shape index (κ2) is 4.61. The molecule has 0 aromatic rings. The minimum absolute atomic E-state index is 0.0735. The Balaban J connectivity index is 3.00. The van der Waals surface area contributed by atoms with E-state index in [1.54, 1.807) is 4.99 Å². The number of carbonyl (C=O) groups excluding carboxylic acids is 1. The molecule has 13 heavy (non-hydrogen) atoms. The molecule has 1 N–H and O–H groups in total. The number of halogens is 1. The average molecular weight is 244 g/mol. The molecule has 0 aromatic carbocycles. The first-order chi connectivity index (χ1) is 6.24. The maximum Gasteiger partial charge on any atom is 0.251 e. The Morgan fingerprint density at radius 3 is 2.54 bits per heavy atom. The van der Waals surface area contributed by atoms with E-state index < -0.39 is 0 Å². The van der Waals surface area contributed by atoms with Crippen molar-refractivity contribution in [3.05, 3.63) is 21.8 Å². The SMILES string of the molecule is CCCC1=C(CC)/C(=C\Br)NC1=O. The van der Waals surface area contributed by atoms with E-state index >= 15 is 0 Å². The number of hydrogen-bond acceptors (Lipinski definition) is 1. The predicted molar refractivity (Wildman–Crippen MR) is 57.4 cm³/mol. The molecule has 0 fully saturated rings. The first-order valence-corrected chi connectivity index (χ1v) is 5.50. The molecule has 3 heteroatoms. The highest BCUT2D eigenvalue weighted by Gasteiger charge is 2.24. The molecule has 0 bridgehead atoms. The fourth-order valence-corrected chi connectivity index (χ4v) is 1.97. The second-order valence-electron chi connectivity index (χ2n) is 3.04. The Kier molecular flexibility index (Phi) is 3.72. The molecular formula is C10H14BrNO. The van der Waals surface area contributed by atoms with E-state index in [1.165, 1.54) is 0 Å². The van der Waals surface area contributed by atoms with Gasteiger partial charge in [0.25, 0.3) is 5.91 Å². The van der Waals surface area contributed by atoms with Crippen LogP contribution in [0.1, 0.15) is 33.1 Å². The highest BCUT2D eigenvalue weighted by atomic mass is 79.9. The molecule has 0 saturated heterocycles. The molecule has 1 aliphatic rings. The van der Waals surface area contributed by atoms with Gasteiger partial charge in [0.05, 0.1) is 5.70 Å². The minimum atomic E-state index is 0.0735. The van der Waals surface area contributed by atoms with Crippen LogP contribution in [0, 0.1) is 0 Å². The summed E-state index contributed by atoms with van der Waals surface area (Å²) in [5.41, 5.74) is 3.04. The monoisotopic (exact) mass is 243 g/mol. The molecule has 0 radical (unpaired) electrons. The minimum Gasteiger partial charge on any atom is -0.322 e. The molecule has 0 aromatic heterocycles. The van der Waals surface area contributed by atoms with Crippen LogP contribution in [0.5, 0.6) is 0 Å². The number of carbonyl (C=O) groups is 1. The zero-order valence-corrected chi connectivity index (χ0v) is 9.57. The van der Waals surface area contributed by atoms with Crippen molar-refractivity contribution < 1.29 is 4.79 Å². The molecule has 1 heterocycles. The second-order valence-corrected chi connectivity index (χ2v) is 3.50. The van der Waals surface area contributed by atoms with E-state index in [0.717, 1.165) is 36.1 Å². The lowest BCUT2D eigenvalue weighted by molar-refractivity contribution is -0.116. The molecule has 1 rings (SSSR count). The Labute approximate surface area is 87.2 Å². The summed E-state index contributed by atoms with van der Waals surface area (Å²) < 4.78 is 0. The summed E-state index contributed by atoms with van der Waals surface area (Å²) in [7, 11) is 0. The highest BCUT2D eigenvalue weighted by molar-refractivity contribution is 9.11. The summed E-state index contributed by atoms with van der Waals surface area (Å²) in [5, 5.41) is 2.84. The molecule has 1 amide bonds. The first kappa shape index (κ1) is 10.5. The number of amides is 1. The van der Waals surface area contributed by atoms with E-state index in [0.29, 0.717) is 0 Å². The van der Waals surface area contributed by atoms with Crippen LogP contribution in [0.3, 0.4) is 0 Å². The molecule has 2 nitrogen and oxygen atoms in total. The molecule has 0 atom stereocenters. The highest BCUT2D eigenvalue weighted by Crippen LogP contribution is 2.27. The number of allylic oxidation sites excluding steroid dienone is 1. The van der Waals surface area contributed by atoms with Crippen LogP contribution in [-0.2, 0) is 4.79 Å². The third-order valence-electron chi connectivity index (χ3n) is 2.17. The quantitative estimate of drug-likeness (QED) is 0.812. The molecule has 1 aliphatic heterocycles. The van der Waals surface area contributed by atoms with E-state index in [4.69, 9.17) is 0 Å². The molecule has 0 saturated carbocycles. The van der Waals surface area contributed by atoms with Gasteiger partial charge in [-0.2, -0.15) is 0 Å². The number of rotatable bonds is 3. The average Bonchev–Trinajstić information content (AvgIpc) is 2.44. The Hall–Kier alpha value is -0.570. The van der Waals surface area contributed by atoms with Crippen LogP contribution in [0.4, 0.5) is 0 Å². The Morgan fingerprint density at radius 1 is 1.38 bits per heavy atom. The van der Waals surface area contributed by atoms with Crippen molar-refractivity contribution in [2.75, 3.05) is 0 Å². The van der Waals surface area contributed by atoms with Gasteiger partial charge < -0.3 is 5.32 Å². The van der Waals surface area contributed by atoms with Crippen molar-refractivity contribution in [1.82, 2.24) is 5.32 Å². The summed E-state index contributed by atoms with van der Waals surface area (Å²) >= 11 is 3.25. The summed E-state index contributed by atoms with van der Waals surface area (Å²) in [6, 6.07) is 0. The molecular weight excluding hydrogens is 230 g/mol. The molecule has 72 valence electrons. The summed E-state index contributed by atoms with van der Waals surface area (Å²) in [6.07, 6.45) is 2.80. The maximum atomic E-state index is 11.5. The van der Waals surface area contributed by atoms with Crippen molar-refractivity contribution in [3.8, 4) is 0 Å². The lowest BCUT2D eigenvalue weighted by atomic mass is 10.0. The van der Waals surface area contributed by atoms with Gasteiger partial charge >= 0.3 is 0 Å². The van der Waals surface area contributed by atoms with Gasteiger partial charge in [0.2, 0.25) is 0 Å². The lowest BCUT2D eigenvalue weighted by Crippen LogP contribution is -2.15. The van der Waals surface area contributed by atoms with E-state index in [-0.39, 0.29) is 5.91 Å². The van der Waals surface area contributed by atoms with Gasteiger partial charge in [0.1, 0.15) is 0 Å². The van der Waals surface area contributed by atoms with Crippen LogP contribution in [-0.4, -0.2) is 5.91 Å². The van der Waals surface area contributed by atoms with Crippen molar-refractivity contribution in [2.45, 2.75) is 33.1 Å². The maximum absolute atomic E-state index is 11.5. The molecule has 0 spiro atoms. The van der Waals surface area contributed by atoms with Crippen LogP contribution in [0.15, 0.2) is 21.8 Å². The van der Waals surface area contributed by atoms with Gasteiger partial charge in [0, 0.05) is 10.6 Å². The zero-order valence-electron chi connectivity index (χ0n) is 7.98. The summed E-state index contributed by atoms with van der Waals surface area (Å²) in [4.78, 5) is 13.3. The van der Waals surface area contributed by atoms with Crippen molar-refractivity contribution >= 4 is 21.8 Å². The fourth-order valence-electron chi connectivity index (χ4n) is 1.58. The van der Waals surface area contributed by atoms with Gasteiger partial charge in [-0.25, -0.2) is 0 Å². The number of hydrogen-bond donors (Lipinski definition) is 1.